The molecule has 0 saturated heterocycles. The second-order valence-electron chi connectivity index (χ2n) is 4.87. The number of benzene rings is 1. The molecule has 1 heterocycles. The van der Waals surface area contributed by atoms with Gasteiger partial charge in [-0.3, -0.25) is 9.59 Å². The summed E-state index contributed by atoms with van der Waals surface area (Å²) < 4.78 is 0. The first-order chi connectivity index (χ1) is 10.4. The Hall–Kier alpha value is -1.92. The van der Waals surface area contributed by atoms with Gasteiger partial charge in [-0.15, -0.1) is 11.3 Å². The van der Waals surface area contributed by atoms with Crippen molar-refractivity contribution >= 4 is 40.5 Å². The van der Waals surface area contributed by atoms with E-state index < -0.39 is 11.9 Å². The van der Waals surface area contributed by atoms with Gasteiger partial charge in [-0.05, 0) is 31.5 Å². The summed E-state index contributed by atoms with van der Waals surface area (Å²) in [7, 11) is 0. The zero-order chi connectivity index (χ0) is 16.3. The highest BCUT2D eigenvalue weighted by Crippen LogP contribution is 2.26. The van der Waals surface area contributed by atoms with Gasteiger partial charge in [-0.1, -0.05) is 17.7 Å². The van der Waals surface area contributed by atoms with Crippen LogP contribution >= 0.6 is 22.9 Å². The molecule has 5 nitrogen and oxygen atoms in total. The summed E-state index contributed by atoms with van der Waals surface area (Å²) in [5.41, 5.74) is 1.92. The maximum Gasteiger partial charge on any atom is 0.309 e. The first kappa shape index (κ1) is 16.5. The highest BCUT2D eigenvalue weighted by Gasteiger charge is 2.20. The van der Waals surface area contributed by atoms with E-state index in [1.54, 1.807) is 30.5 Å². The molecular formula is C15H15ClN2O3S. The summed E-state index contributed by atoms with van der Waals surface area (Å²) in [6.07, 6.45) is -0.141. The van der Waals surface area contributed by atoms with Crippen LogP contribution in [0.1, 0.15) is 29.1 Å². The maximum atomic E-state index is 12.3. The highest BCUT2D eigenvalue weighted by atomic mass is 35.5. The zero-order valence-corrected chi connectivity index (χ0v) is 13.7. The number of hydrogen-bond acceptors (Lipinski definition) is 4. The van der Waals surface area contributed by atoms with E-state index >= 15 is 0 Å². The molecule has 0 aliphatic heterocycles. The standard InChI is InChI=1S/C15H15ClN2O3S/c1-8-11(16)4-3-5-12(8)18-14(21)9(2)15-17-10(7-22-15)6-13(19)20/h3-5,7,9H,6H2,1-2H3,(H,18,21)(H,19,20)/t9-/m0/s1. The zero-order valence-electron chi connectivity index (χ0n) is 12.1. The van der Waals surface area contributed by atoms with Crippen molar-refractivity contribution in [1.29, 1.82) is 0 Å². The predicted octanol–water partition coefficient (Wildman–Crippen LogP) is 3.47. The number of carboxylic acid groups (broad SMARTS) is 1. The van der Waals surface area contributed by atoms with Crippen LogP contribution in [-0.4, -0.2) is 22.0 Å². The van der Waals surface area contributed by atoms with Gasteiger partial charge in [0.2, 0.25) is 5.91 Å². The highest BCUT2D eigenvalue weighted by molar-refractivity contribution is 7.09. The molecule has 0 fully saturated rings. The molecule has 0 radical (unpaired) electrons. The Labute approximate surface area is 137 Å². The molecule has 0 aliphatic carbocycles. The third kappa shape index (κ3) is 3.84. The first-order valence-corrected chi connectivity index (χ1v) is 7.86. The lowest BCUT2D eigenvalue weighted by atomic mass is 10.1. The fourth-order valence-corrected chi connectivity index (χ4v) is 2.90. The minimum atomic E-state index is -0.941. The molecule has 1 aromatic heterocycles. The lowest BCUT2D eigenvalue weighted by molar-refractivity contribution is -0.136. The lowest BCUT2D eigenvalue weighted by Crippen LogP contribution is -2.19. The molecular weight excluding hydrogens is 324 g/mol. The van der Waals surface area contributed by atoms with Gasteiger partial charge >= 0.3 is 5.97 Å². The van der Waals surface area contributed by atoms with E-state index in [1.807, 2.05) is 6.92 Å². The van der Waals surface area contributed by atoms with Gasteiger partial charge in [-0.25, -0.2) is 4.98 Å². The number of aromatic nitrogens is 1. The summed E-state index contributed by atoms with van der Waals surface area (Å²) in [5, 5.41) is 14.4. The molecule has 116 valence electrons. The van der Waals surface area contributed by atoms with Crippen LogP contribution in [0.25, 0.3) is 0 Å². The SMILES string of the molecule is Cc1c(Cl)cccc1NC(=O)[C@H](C)c1nc(CC(=O)O)cs1. The molecule has 2 N–H and O–H groups in total. The van der Waals surface area contributed by atoms with Crippen LogP contribution < -0.4 is 5.32 Å². The van der Waals surface area contributed by atoms with Crippen LogP contribution in [0.5, 0.6) is 0 Å². The Bertz CT molecular complexity index is 715. The number of hydrogen-bond donors (Lipinski definition) is 2. The molecule has 2 rings (SSSR count). The smallest absolute Gasteiger partial charge is 0.309 e. The maximum absolute atomic E-state index is 12.3. The number of carbonyl (C=O) groups excluding carboxylic acids is 1. The normalized spacial score (nSPS) is 12.0. The molecule has 2 aromatic rings. The molecule has 0 spiro atoms. The van der Waals surface area contributed by atoms with E-state index in [-0.39, 0.29) is 12.3 Å². The van der Waals surface area contributed by atoms with E-state index in [9.17, 15) is 9.59 Å². The van der Waals surface area contributed by atoms with Crippen LogP contribution in [0.15, 0.2) is 23.6 Å². The predicted molar refractivity (Wildman–Crippen MR) is 86.7 cm³/mol. The monoisotopic (exact) mass is 338 g/mol. The quantitative estimate of drug-likeness (QED) is 0.874. The molecule has 1 aromatic carbocycles. The Morgan fingerprint density at radius 1 is 1.45 bits per heavy atom. The number of nitrogens with zero attached hydrogens (tertiary/aromatic N) is 1. The summed E-state index contributed by atoms with van der Waals surface area (Å²) in [6.45, 7) is 3.57. The molecule has 0 aliphatic rings. The van der Waals surface area contributed by atoms with Crippen LogP contribution in [0.4, 0.5) is 5.69 Å². The third-order valence-electron chi connectivity index (χ3n) is 3.19. The molecule has 22 heavy (non-hydrogen) atoms. The molecule has 0 bridgehead atoms. The van der Waals surface area contributed by atoms with Crippen molar-refractivity contribution in [2.45, 2.75) is 26.2 Å². The number of amides is 1. The average Bonchev–Trinajstić information content (AvgIpc) is 2.90. The van der Waals surface area contributed by atoms with Crippen LogP contribution in [0.3, 0.4) is 0 Å². The van der Waals surface area contributed by atoms with Gasteiger partial charge in [-0.2, -0.15) is 0 Å². The molecule has 7 heteroatoms. The molecule has 0 unspecified atom stereocenters. The van der Waals surface area contributed by atoms with Crippen molar-refractivity contribution in [2.75, 3.05) is 5.32 Å². The number of aliphatic carboxylic acids is 1. The summed E-state index contributed by atoms with van der Waals surface area (Å²) in [5.74, 6) is -1.61. The molecule has 1 amide bonds. The van der Waals surface area contributed by atoms with Crippen LogP contribution in [-0.2, 0) is 16.0 Å². The summed E-state index contributed by atoms with van der Waals surface area (Å²) in [6, 6.07) is 5.31. The van der Waals surface area contributed by atoms with E-state index in [4.69, 9.17) is 16.7 Å². The molecule has 1 atom stereocenters. The van der Waals surface area contributed by atoms with Crippen LogP contribution in [0, 0.1) is 6.92 Å². The fourth-order valence-electron chi connectivity index (χ4n) is 1.85. The van der Waals surface area contributed by atoms with Gasteiger partial charge in [0, 0.05) is 16.1 Å². The summed E-state index contributed by atoms with van der Waals surface area (Å²) in [4.78, 5) is 27.2. The van der Waals surface area contributed by atoms with Gasteiger partial charge in [0.15, 0.2) is 0 Å². The Kier molecular flexibility index (Phi) is 5.15. The number of nitrogens with one attached hydrogen (secondary N) is 1. The van der Waals surface area contributed by atoms with Gasteiger partial charge in [0.05, 0.1) is 18.0 Å². The minimum absolute atomic E-state index is 0.141. The number of anilines is 1. The topological polar surface area (TPSA) is 79.3 Å². The van der Waals surface area contributed by atoms with Crippen molar-refractivity contribution < 1.29 is 14.7 Å². The number of rotatable bonds is 5. The number of halogens is 1. The van der Waals surface area contributed by atoms with Crippen molar-refractivity contribution in [1.82, 2.24) is 4.98 Å². The van der Waals surface area contributed by atoms with Crippen molar-refractivity contribution in [3.8, 4) is 0 Å². The van der Waals surface area contributed by atoms with Crippen LogP contribution in [0.2, 0.25) is 5.02 Å². The fraction of sp³-hybridized carbons (Fsp3) is 0.267. The second kappa shape index (κ2) is 6.89. The Balaban J connectivity index is 2.10. The lowest BCUT2D eigenvalue weighted by Gasteiger charge is -2.12. The second-order valence-corrected chi connectivity index (χ2v) is 6.17. The summed E-state index contributed by atoms with van der Waals surface area (Å²) >= 11 is 7.31. The minimum Gasteiger partial charge on any atom is -0.481 e. The molecule has 0 saturated carbocycles. The Morgan fingerprint density at radius 3 is 2.86 bits per heavy atom. The van der Waals surface area contributed by atoms with E-state index in [2.05, 4.69) is 10.3 Å². The van der Waals surface area contributed by atoms with Crippen molar-refractivity contribution in [3.63, 3.8) is 0 Å². The number of carboxylic acids is 1. The van der Waals surface area contributed by atoms with E-state index in [0.717, 1.165) is 5.56 Å². The first-order valence-electron chi connectivity index (χ1n) is 6.60. The Morgan fingerprint density at radius 2 is 2.18 bits per heavy atom. The average molecular weight is 339 g/mol. The van der Waals surface area contributed by atoms with Gasteiger partial charge in [0.1, 0.15) is 5.01 Å². The van der Waals surface area contributed by atoms with Gasteiger partial charge in [0.25, 0.3) is 0 Å². The number of thiazole rings is 1. The number of carbonyl (C=O) groups is 2. The largest absolute Gasteiger partial charge is 0.481 e. The van der Waals surface area contributed by atoms with E-state index in [1.165, 1.54) is 11.3 Å². The van der Waals surface area contributed by atoms with E-state index in [0.29, 0.717) is 21.4 Å². The van der Waals surface area contributed by atoms with Crippen molar-refractivity contribution in [2.24, 2.45) is 0 Å². The van der Waals surface area contributed by atoms with Crippen molar-refractivity contribution in [3.05, 3.63) is 44.9 Å². The third-order valence-corrected chi connectivity index (χ3v) is 4.68. The van der Waals surface area contributed by atoms with Gasteiger partial charge < -0.3 is 10.4 Å².